The van der Waals surface area contributed by atoms with Crippen LogP contribution < -0.4 is 5.32 Å². The van der Waals surface area contributed by atoms with Gasteiger partial charge in [0.15, 0.2) is 15.8 Å². The molecule has 0 aromatic rings. The van der Waals surface area contributed by atoms with Gasteiger partial charge in [0.2, 0.25) is 0 Å². The molecule has 0 aromatic heterocycles. The van der Waals surface area contributed by atoms with Gasteiger partial charge in [-0.1, -0.05) is 13.8 Å². The van der Waals surface area contributed by atoms with Crippen molar-refractivity contribution in [3.05, 3.63) is 0 Å². The van der Waals surface area contributed by atoms with Gasteiger partial charge in [-0.3, -0.25) is 4.99 Å². The number of ether oxygens (including phenoxy) is 1. The zero-order chi connectivity index (χ0) is 16.1. The number of guanidine groups is 1. The van der Waals surface area contributed by atoms with Gasteiger partial charge in [0.25, 0.3) is 0 Å². The molecule has 0 unspecified atom stereocenters. The third-order valence-electron chi connectivity index (χ3n) is 3.54. The number of hydrogen-bond acceptors (Lipinski definition) is 4. The van der Waals surface area contributed by atoms with E-state index >= 15 is 0 Å². The fraction of sp³-hybridized carbons (Fsp3) is 0.929. The minimum atomic E-state index is -3.02. The average molecular weight is 447 g/mol. The molecule has 1 aliphatic heterocycles. The first-order valence-electron chi connectivity index (χ1n) is 7.45. The van der Waals surface area contributed by atoms with Crippen LogP contribution in [0.25, 0.3) is 0 Å². The first kappa shape index (κ1) is 21.9. The molecule has 1 heterocycles. The zero-order valence-electron chi connectivity index (χ0n) is 14.3. The summed E-state index contributed by atoms with van der Waals surface area (Å²) in [6.07, 6.45) is 0. The number of sulfone groups is 1. The predicted molar refractivity (Wildman–Crippen MR) is 102 cm³/mol. The molecular formula is C14H30IN3O3S. The van der Waals surface area contributed by atoms with Crippen LogP contribution in [0.2, 0.25) is 0 Å². The molecule has 132 valence electrons. The molecule has 1 N–H and O–H groups in total. The molecule has 0 aromatic carbocycles. The Morgan fingerprint density at radius 1 is 1.41 bits per heavy atom. The summed E-state index contributed by atoms with van der Waals surface area (Å²) < 4.78 is 28.8. The number of nitrogens with zero attached hydrogens (tertiary/aromatic N) is 2. The van der Waals surface area contributed by atoms with E-state index in [1.807, 2.05) is 4.90 Å². The minimum absolute atomic E-state index is 0. The van der Waals surface area contributed by atoms with E-state index in [4.69, 9.17) is 4.74 Å². The molecule has 0 spiro atoms. The molecule has 0 bridgehead atoms. The summed E-state index contributed by atoms with van der Waals surface area (Å²) in [4.78, 5) is 6.24. The maximum Gasteiger partial charge on any atom is 0.193 e. The monoisotopic (exact) mass is 447 g/mol. The smallest absolute Gasteiger partial charge is 0.193 e. The van der Waals surface area contributed by atoms with Crippen LogP contribution in [0.15, 0.2) is 4.99 Å². The highest BCUT2D eigenvalue weighted by Crippen LogP contribution is 2.23. The second-order valence-corrected chi connectivity index (χ2v) is 9.19. The van der Waals surface area contributed by atoms with Crippen molar-refractivity contribution in [1.29, 1.82) is 0 Å². The van der Waals surface area contributed by atoms with Crippen LogP contribution in [0.1, 0.15) is 27.7 Å². The van der Waals surface area contributed by atoms with Crippen molar-refractivity contribution in [3.63, 3.8) is 0 Å². The molecule has 0 aliphatic carbocycles. The summed E-state index contributed by atoms with van der Waals surface area (Å²) in [6, 6.07) is 0. The molecule has 6 nitrogen and oxygen atoms in total. The highest BCUT2D eigenvalue weighted by Gasteiger charge is 2.40. The molecule has 0 atom stereocenters. The Bertz CT molecular complexity index is 464. The topological polar surface area (TPSA) is 71.0 Å². The maximum atomic E-state index is 12.0. The van der Waals surface area contributed by atoms with E-state index in [0.717, 1.165) is 12.6 Å². The molecule has 1 rings (SSSR count). The van der Waals surface area contributed by atoms with Gasteiger partial charge < -0.3 is 15.0 Å². The van der Waals surface area contributed by atoms with Gasteiger partial charge in [-0.05, 0) is 19.8 Å². The number of rotatable bonds is 5. The van der Waals surface area contributed by atoms with Crippen molar-refractivity contribution in [2.45, 2.75) is 32.4 Å². The van der Waals surface area contributed by atoms with Crippen molar-refractivity contribution in [2.24, 2.45) is 10.9 Å². The number of nitrogens with one attached hydrogen (secondary N) is 1. The van der Waals surface area contributed by atoms with Gasteiger partial charge in [-0.25, -0.2) is 8.42 Å². The van der Waals surface area contributed by atoms with Crippen molar-refractivity contribution in [3.8, 4) is 0 Å². The fourth-order valence-corrected chi connectivity index (χ4v) is 3.58. The van der Waals surface area contributed by atoms with E-state index in [-0.39, 0.29) is 29.7 Å². The quantitative estimate of drug-likeness (QED) is 0.298. The Labute approximate surface area is 152 Å². The summed E-state index contributed by atoms with van der Waals surface area (Å²) in [6.45, 7) is 10.7. The van der Waals surface area contributed by atoms with Gasteiger partial charge in [-0.2, -0.15) is 0 Å². The fourth-order valence-electron chi connectivity index (χ4n) is 2.21. The van der Waals surface area contributed by atoms with Crippen molar-refractivity contribution in [2.75, 3.05) is 45.6 Å². The molecule has 1 fully saturated rings. The maximum absolute atomic E-state index is 12.0. The Morgan fingerprint density at radius 2 is 2.05 bits per heavy atom. The second kappa shape index (κ2) is 9.27. The molecule has 0 saturated carbocycles. The lowest BCUT2D eigenvalue weighted by atomic mass is 10.2. The van der Waals surface area contributed by atoms with E-state index < -0.39 is 14.6 Å². The van der Waals surface area contributed by atoms with Crippen LogP contribution >= 0.6 is 24.0 Å². The van der Waals surface area contributed by atoms with Gasteiger partial charge in [0, 0.05) is 33.3 Å². The van der Waals surface area contributed by atoms with Crippen LogP contribution in [-0.2, 0) is 14.6 Å². The van der Waals surface area contributed by atoms with Gasteiger partial charge >= 0.3 is 0 Å². The van der Waals surface area contributed by atoms with E-state index in [9.17, 15) is 8.42 Å². The molecule has 1 saturated heterocycles. The van der Waals surface area contributed by atoms with Gasteiger partial charge in [-0.15, -0.1) is 24.0 Å². The van der Waals surface area contributed by atoms with Gasteiger partial charge in [0.05, 0.1) is 17.1 Å². The molecular weight excluding hydrogens is 417 g/mol. The standard InChI is InChI=1S/C14H29N3O3S.HI/c1-12(2)10-20-8-6-16-13(15-5)17-7-9-21(18,19)14(3,4)11-17;/h12H,6-11H2,1-5H3,(H,15,16);1H. The van der Waals surface area contributed by atoms with Crippen molar-refractivity contribution >= 4 is 39.8 Å². The lowest BCUT2D eigenvalue weighted by Crippen LogP contribution is -2.57. The van der Waals surface area contributed by atoms with Crippen LogP contribution in [-0.4, -0.2) is 69.7 Å². The predicted octanol–water partition coefficient (Wildman–Crippen LogP) is 1.36. The van der Waals surface area contributed by atoms with E-state index in [0.29, 0.717) is 32.2 Å². The van der Waals surface area contributed by atoms with E-state index in [1.165, 1.54) is 0 Å². The number of aliphatic imine (C=N–C) groups is 1. The number of halogens is 1. The first-order valence-corrected chi connectivity index (χ1v) is 9.10. The SMILES string of the molecule is CN=C(NCCOCC(C)C)N1CCS(=O)(=O)C(C)(C)C1.I. The minimum Gasteiger partial charge on any atom is -0.379 e. The van der Waals surface area contributed by atoms with E-state index in [2.05, 4.69) is 24.2 Å². The summed E-state index contributed by atoms with van der Waals surface area (Å²) in [5.74, 6) is 1.44. The van der Waals surface area contributed by atoms with Crippen LogP contribution in [0, 0.1) is 5.92 Å². The second-order valence-electron chi connectivity index (χ2n) is 6.44. The molecule has 0 radical (unpaired) electrons. The largest absolute Gasteiger partial charge is 0.379 e. The third-order valence-corrected chi connectivity index (χ3v) is 6.07. The Morgan fingerprint density at radius 3 is 2.55 bits per heavy atom. The summed E-state index contributed by atoms with van der Waals surface area (Å²) >= 11 is 0. The number of hydrogen-bond donors (Lipinski definition) is 1. The zero-order valence-corrected chi connectivity index (χ0v) is 17.4. The molecule has 0 amide bonds. The van der Waals surface area contributed by atoms with Crippen LogP contribution in [0.4, 0.5) is 0 Å². The van der Waals surface area contributed by atoms with Crippen LogP contribution in [0.5, 0.6) is 0 Å². The Kier molecular flexibility index (Phi) is 9.23. The van der Waals surface area contributed by atoms with E-state index in [1.54, 1.807) is 20.9 Å². The lowest BCUT2D eigenvalue weighted by Gasteiger charge is -2.39. The molecule has 22 heavy (non-hydrogen) atoms. The third kappa shape index (κ3) is 6.19. The average Bonchev–Trinajstić information content (AvgIpc) is 2.37. The highest BCUT2D eigenvalue weighted by molar-refractivity contribution is 14.0. The van der Waals surface area contributed by atoms with Crippen molar-refractivity contribution in [1.82, 2.24) is 10.2 Å². The molecule has 1 aliphatic rings. The van der Waals surface area contributed by atoms with Crippen LogP contribution in [0.3, 0.4) is 0 Å². The summed E-state index contributed by atoms with van der Waals surface area (Å²) in [7, 11) is -1.31. The van der Waals surface area contributed by atoms with Crippen molar-refractivity contribution < 1.29 is 13.2 Å². The summed E-state index contributed by atoms with van der Waals surface area (Å²) in [5, 5.41) is 3.23. The highest BCUT2D eigenvalue weighted by atomic mass is 127. The van der Waals surface area contributed by atoms with Gasteiger partial charge in [0.1, 0.15) is 0 Å². The normalized spacial score (nSPS) is 20.6. The molecule has 8 heteroatoms. The Balaban J connectivity index is 0.00000441. The first-order chi connectivity index (χ1) is 9.69. The summed E-state index contributed by atoms with van der Waals surface area (Å²) in [5.41, 5.74) is 0. The lowest BCUT2D eigenvalue weighted by molar-refractivity contribution is 0.113. The Hall–Kier alpha value is -0.0900.